The monoisotopic (exact) mass is 436 g/mol. The molecule has 1 atom stereocenters. The van der Waals surface area contributed by atoms with Crippen molar-refractivity contribution in [2.45, 2.75) is 29.9 Å². The lowest BCUT2D eigenvalue weighted by Gasteiger charge is -2.14. The minimum absolute atomic E-state index is 0.0903. The van der Waals surface area contributed by atoms with Crippen LogP contribution in [0.1, 0.15) is 17.2 Å². The van der Waals surface area contributed by atoms with E-state index >= 15 is 0 Å². The molecule has 0 unspecified atom stereocenters. The van der Waals surface area contributed by atoms with Gasteiger partial charge in [-0.15, -0.1) is 0 Å². The van der Waals surface area contributed by atoms with E-state index < -0.39 is 9.84 Å². The maximum Gasteiger partial charge on any atom is 0.180 e. The summed E-state index contributed by atoms with van der Waals surface area (Å²) >= 11 is 4.98. The zero-order chi connectivity index (χ0) is 17.8. The van der Waals surface area contributed by atoms with E-state index in [4.69, 9.17) is 0 Å². The van der Waals surface area contributed by atoms with Crippen molar-refractivity contribution in [2.75, 3.05) is 11.5 Å². The fourth-order valence-corrected chi connectivity index (χ4v) is 6.23. The Morgan fingerprint density at radius 1 is 1.20 bits per heavy atom. The Hall–Kier alpha value is -1.31. The summed E-state index contributed by atoms with van der Waals surface area (Å²) in [6.45, 7) is 4.15. The van der Waals surface area contributed by atoms with Crippen LogP contribution in [0.15, 0.2) is 50.9 Å². The molecule has 0 radical (unpaired) electrons. The van der Waals surface area contributed by atoms with Crippen molar-refractivity contribution < 1.29 is 8.42 Å². The van der Waals surface area contributed by atoms with Crippen molar-refractivity contribution >= 4 is 48.6 Å². The summed E-state index contributed by atoms with van der Waals surface area (Å²) in [4.78, 5) is 5.05. The van der Waals surface area contributed by atoms with Crippen LogP contribution in [0.4, 0.5) is 0 Å². The molecule has 0 spiro atoms. The van der Waals surface area contributed by atoms with Crippen LogP contribution in [0, 0.1) is 13.8 Å². The van der Waals surface area contributed by atoms with Gasteiger partial charge >= 0.3 is 0 Å². The van der Waals surface area contributed by atoms with Gasteiger partial charge in [-0.05, 0) is 61.4 Å². The average molecular weight is 437 g/mol. The number of fused-ring (bicyclic) bond motifs is 3. The lowest BCUT2D eigenvalue weighted by atomic mass is 10.1. The van der Waals surface area contributed by atoms with Gasteiger partial charge in [0.05, 0.1) is 27.7 Å². The molecule has 3 aromatic rings. The predicted molar refractivity (Wildman–Crippen MR) is 105 cm³/mol. The van der Waals surface area contributed by atoms with Crippen LogP contribution < -0.4 is 0 Å². The second-order valence-electron chi connectivity index (χ2n) is 6.39. The third-order valence-corrected chi connectivity index (χ3v) is 8.07. The first-order valence-electron chi connectivity index (χ1n) is 7.95. The molecule has 0 saturated carbocycles. The lowest BCUT2D eigenvalue weighted by Crippen LogP contribution is -2.19. The van der Waals surface area contributed by atoms with E-state index in [-0.39, 0.29) is 11.8 Å². The molecular weight excluding hydrogens is 420 g/mol. The molecule has 0 saturated heterocycles. The van der Waals surface area contributed by atoms with Gasteiger partial charge in [-0.1, -0.05) is 27.7 Å². The van der Waals surface area contributed by atoms with Gasteiger partial charge in [0.2, 0.25) is 0 Å². The van der Waals surface area contributed by atoms with Crippen molar-refractivity contribution in [2.24, 2.45) is 0 Å². The molecule has 25 heavy (non-hydrogen) atoms. The molecule has 0 aliphatic carbocycles. The van der Waals surface area contributed by atoms with E-state index in [1.165, 1.54) is 11.1 Å². The molecule has 2 heterocycles. The van der Waals surface area contributed by atoms with Gasteiger partial charge in [0.25, 0.3) is 0 Å². The third kappa shape index (κ3) is 3.02. The molecule has 2 aromatic carbocycles. The summed E-state index contributed by atoms with van der Waals surface area (Å²) < 4.78 is 28.6. The number of benzene rings is 2. The minimum atomic E-state index is -3.35. The summed E-state index contributed by atoms with van der Waals surface area (Å²) in [6.07, 6.45) is 0. The zero-order valence-electron chi connectivity index (χ0n) is 13.9. The van der Waals surface area contributed by atoms with Gasteiger partial charge < -0.3 is 4.57 Å². The van der Waals surface area contributed by atoms with E-state index in [0.29, 0.717) is 4.90 Å². The summed E-state index contributed by atoms with van der Waals surface area (Å²) in [6, 6.07) is 10.9. The predicted octanol–water partition coefficient (Wildman–Crippen LogP) is 4.54. The molecule has 1 aliphatic heterocycles. The second kappa shape index (κ2) is 6.14. The van der Waals surface area contributed by atoms with E-state index in [2.05, 4.69) is 51.5 Å². The van der Waals surface area contributed by atoms with Crippen molar-refractivity contribution in [3.63, 3.8) is 0 Å². The van der Waals surface area contributed by atoms with E-state index in [1.54, 1.807) is 36.0 Å². The average Bonchev–Trinajstić information content (AvgIpc) is 3.08. The van der Waals surface area contributed by atoms with Gasteiger partial charge in [0.15, 0.2) is 15.0 Å². The Kier molecular flexibility index (Phi) is 4.21. The maximum absolute atomic E-state index is 12.8. The topological polar surface area (TPSA) is 52.0 Å². The van der Waals surface area contributed by atoms with Crippen LogP contribution >= 0.6 is 27.7 Å². The van der Waals surface area contributed by atoms with E-state index in [9.17, 15) is 8.42 Å². The second-order valence-corrected chi connectivity index (χ2v) is 10.3. The Balaban J connectivity index is 1.73. The van der Waals surface area contributed by atoms with Crippen LogP contribution in [-0.2, 0) is 9.84 Å². The van der Waals surface area contributed by atoms with Gasteiger partial charge in [0.1, 0.15) is 0 Å². The number of sulfone groups is 1. The highest BCUT2D eigenvalue weighted by Crippen LogP contribution is 2.38. The number of rotatable bonds is 3. The first-order valence-corrected chi connectivity index (χ1v) is 11.4. The molecule has 0 N–H and O–H groups in total. The van der Waals surface area contributed by atoms with Gasteiger partial charge in [-0.25, -0.2) is 13.4 Å². The van der Waals surface area contributed by atoms with Crippen molar-refractivity contribution in [1.29, 1.82) is 0 Å². The molecule has 7 heteroatoms. The number of hydrogen-bond acceptors (Lipinski definition) is 4. The zero-order valence-corrected chi connectivity index (χ0v) is 17.1. The highest BCUT2D eigenvalue weighted by Gasteiger charge is 2.31. The van der Waals surface area contributed by atoms with Crippen LogP contribution in [-0.4, -0.2) is 29.5 Å². The number of thioether (sulfide) groups is 1. The summed E-state index contributed by atoms with van der Waals surface area (Å²) in [5, 5.41) is 0.913. The minimum Gasteiger partial charge on any atom is -0.314 e. The highest BCUT2D eigenvalue weighted by atomic mass is 79.9. The number of halogens is 1. The van der Waals surface area contributed by atoms with E-state index in [0.717, 1.165) is 26.4 Å². The molecule has 130 valence electrons. The molecule has 4 rings (SSSR count). The molecular formula is C18H17BrN2O2S2. The van der Waals surface area contributed by atoms with Gasteiger partial charge in [0, 0.05) is 10.2 Å². The molecule has 0 fully saturated rings. The van der Waals surface area contributed by atoms with Crippen molar-refractivity contribution in [1.82, 2.24) is 9.55 Å². The van der Waals surface area contributed by atoms with Gasteiger partial charge in [-0.3, -0.25) is 0 Å². The number of aromatic nitrogens is 2. The molecule has 0 amide bonds. The van der Waals surface area contributed by atoms with Crippen molar-refractivity contribution in [3.05, 3.63) is 52.0 Å². The fourth-order valence-electron chi connectivity index (χ4n) is 3.14. The normalized spacial score (nSPS) is 17.2. The van der Waals surface area contributed by atoms with Crippen LogP contribution in [0.5, 0.6) is 0 Å². The summed E-state index contributed by atoms with van der Waals surface area (Å²) in [5.41, 5.74) is 4.37. The Morgan fingerprint density at radius 3 is 2.60 bits per heavy atom. The standard InChI is InChI=1S/C18H17BrN2O2S2/c1-11-7-16-17(8-12(11)2)21-14(9-24-18(21)20-16)10-25(22,23)15-5-3-13(19)4-6-15/h3-8,14H,9-10H2,1-2H3/t14-/m0/s1. The third-order valence-electron chi connectivity index (χ3n) is 4.63. The first-order chi connectivity index (χ1) is 11.8. The maximum atomic E-state index is 12.8. The molecule has 4 nitrogen and oxygen atoms in total. The van der Waals surface area contributed by atoms with Crippen LogP contribution in [0.2, 0.25) is 0 Å². The smallest absolute Gasteiger partial charge is 0.180 e. The Morgan fingerprint density at radius 2 is 1.88 bits per heavy atom. The number of aryl methyl sites for hydroxylation is 2. The molecule has 0 bridgehead atoms. The lowest BCUT2D eigenvalue weighted by molar-refractivity contribution is 0.559. The first kappa shape index (κ1) is 17.1. The summed E-state index contributed by atoms with van der Waals surface area (Å²) in [7, 11) is -3.35. The van der Waals surface area contributed by atoms with Crippen molar-refractivity contribution in [3.8, 4) is 0 Å². The largest absolute Gasteiger partial charge is 0.314 e. The molecule has 1 aliphatic rings. The SMILES string of the molecule is Cc1cc2nc3n(c2cc1C)[C@H](CS(=O)(=O)c1ccc(Br)cc1)CS3. The summed E-state index contributed by atoms with van der Waals surface area (Å²) in [5.74, 6) is 0.827. The van der Waals surface area contributed by atoms with Gasteiger partial charge in [-0.2, -0.15) is 0 Å². The molecule has 1 aromatic heterocycles. The van der Waals surface area contributed by atoms with E-state index in [1.807, 2.05) is 0 Å². The van der Waals surface area contributed by atoms with Crippen LogP contribution in [0.3, 0.4) is 0 Å². The Bertz CT molecular complexity index is 1070. The highest BCUT2D eigenvalue weighted by molar-refractivity contribution is 9.10. The Labute approximate surface area is 159 Å². The number of imidazole rings is 1. The van der Waals surface area contributed by atoms with Crippen LogP contribution in [0.25, 0.3) is 11.0 Å². The number of hydrogen-bond donors (Lipinski definition) is 0. The fraction of sp³-hybridized carbons (Fsp3) is 0.278. The number of nitrogens with zero attached hydrogens (tertiary/aromatic N) is 2. The quantitative estimate of drug-likeness (QED) is 0.604.